The lowest BCUT2D eigenvalue weighted by Crippen LogP contribution is -2.60. The van der Waals surface area contributed by atoms with Gasteiger partial charge in [0, 0.05) is 25.2 Å². The van der Waals surface area contributed by atoms with Crippen molar-refractivity contribution in [2.75, 3.05) is 32.7 Å². The van der Waals surface area contributed by atoms with Gasteiger partial charge in [0.25, 0.3) is 5.91 Å². The summed E-state index contributed by atoms with van der Waals surface area (Å²) in [6.45, 7) is 11.4. The van der Waals surface area contributed by atoms with Crippen LogP contribution in [0.4, 0.5) is 0 Å². The SMILES string of the molecule is CC(C)CCN1CCC2(CC1)CN(C(=O)c1ccccc1)CC(C)O2. The highest BCUT2D eigenvalue weighted by atomic mass is 16.5. The minimum atomic E-state index is -0.156. The molecule has 4 heteroatoms. The minimum Gasteiger partial charge on any atom is -0.368 e. The van der Waals surface area contributed by atoms with E-state index in [2.05, 4.69) is 25.7 Å². The van der Waals surface area contributed by atoms with Crippen molar-refractivity contribution in [1.82, 2.24) is 9.80 Å². The Balaban J connectivity index is 1.62. The molecule has 0 radical (unpaired) electrons. The molecule has 0 bridgehead atoms. The Hall–Kier alpha value is -1.39. The molecular formula is C21H32N2O2. The largest absolute Gasteiger partial charge is 0.368 e. The van der Waals surface area contributed by atoms with Crippen LogP contribution in [0.25, 0.3) is 0 Å². The quantitative estimate of drug-likeness (QED) is 0.839. The molecule has 25 heavy (non-hydrogen) atoms. The van der Waals surface area contributed by atoms with E-state index < -0.39 is 0 Å². The standard InChI is InChI=1S/C21H32N2O2/c1-17(2)9-12-22-13-10-21(11-14-22)16-23(15-18(3)25-21)20(24)19-7-5-4-6-8-19/h4-8,17-18H,9-16H2,1-3H3. The zero-order valence-electron chi connectivity index (χ0n) is 15.9. The molecule has 2 heterocycles. The molecule has 0 aliphatic carbocycles. The van der Waals surface area contributed by atoms with Crippen LogP contribution in [0.2, 0.25) is 0 Å². The van der Waals surface area contributed by atoms with Gasteiger partial charge in [-0.15, -0.1) is 0 Å². The molecule has 0 saturated carbocycles. The second kappa shape index (κ2) is 7.88. The van der Waals surface area contributed by atoms with E-state index in [9.17, 15) is 4.79 Å². The highest BCUT2D eigenvalue weighted by molar-refractivity contribution is 5.94. The summed E-state index contributed by atoms with van der Waals surface area (Å²) in [6.07, 6.45) is 3.40. The second-order valence-corrected chi connectivity index (χ2v) is 8.19. The number of morpholine rings is 1. The summed E-state index contributed by atoms with van der Waals surface area (Å²) >= 11 is 0. The lowest BCUT2D eigenvalue weighted by atomic mass is 9.88. The average Bonchev–Trinajstić information content (AvgIpc) is 2.61. The summed E-state index contributed by atoms with van der Waals surface area (Å²) in [5.74, 6) is 0.887. The van der Waals surface area contributed by atoms with Crippen molar-refractivity contribution in [1.29, 1.82) is 0 Å². The van der Waals surface area contributed by atoms with Gasteiger partial charge >= 0.3 is 0 Å². The first kappa shape index (κ1) is 18.4. The molecule has 1 spiro atoms. The Bertz CT molecular complexity index is 565. The highest BCUT2D eigenvalue weighted by Crippen LogP contribution is 2.33. The lowest BCUT2D eigenvalue weighted by molar-refractivity contribution is -0.161. The summed E-state index contributed by atoms with van der Waals surface area (Å²) in [6, 6.07) is 9.63. The Kier molecular flexibility index (Phi) is 5.80. The van der Waals surface area contributed by atoms with Crippen molar-refractivity contribution in [3.8, 4) is 0 Å². The maximum atomic E-state index is 12.9. The molecule has 1 aromatic rings. The molecule has 2 aliphatic heterocycles. The average molecular weight is 344 g/mol. The van der Waals surface area contributed by atoms with Gasteiger partial charge in [-0.05, 0) is 50.8 Å². The third kappa shape index (κ3) is 4.62. The van der Waals surface area contributed by atoms with Gasteiger partial charge < -0.3 is 14.5 Å². The Morgan fingerprint density at radius 3 is 2.56 bits per heavy atom. The number of hydrogen-bond acceptors (Lipinski definition) is 3. The summed E-state index contributed by atoms with van der Waals surface area (Å²) in [5.41, 5.74) is 0.623. The molecule has 138 valence electrons. The zero-order valence-corrected chi connectivity index (χ0v) is 15.9. The van der Waals surface area contributed by atoms with Crippen molar-refractivity contribution in [2.24, 2.45) is 5.92 Å². The van der Waals surface area contributed by atoms with Crippen LogP contribution in [0.5, 0.6) is 0 Å². The first-order valence-corrected chi connectivity index (χ1v) is 9.72. The van der Waals surface area contributed by atoms with Gasteiger partial charge in [-0.2, -0.15) is 0 Å². The number of piperidine rings is 1. The molecule has 0 aromatic heterocycles. The van der Waals surface area contributed by atoms with Crippen molar-refractivity contribution < 1.29 is 9.53 Å². The molecule has 2 saturated heterocycles. The van der Waals surface area contributed by atoms with E-state index in [1.54, 1.807) is 0 Å². The molecule has 2 aliphatic rings. The topological polar surface area (TPSA) is 32.8 Å². The summed E-state index contributed by atoms with van der Waals surface area (Å²) in [4.78, 5) is 17.4. The Morgan fingerprint density at radius 1 is 1.24 bits per heavy atom. The number of ether oxygens (including phenoxy) is 1. The highest BCUT2D eigenvalue weighted by Gasteiger charge is 2.43. The van der Waals surface area contributed by atoms with Gasteiger partial charge in [-0.25, -0.2) is 0 Å². The number of amides is 1. The number of nitrogens with zero attached hydrogens (tertiary/aromatic N) is 2. The smallest absolute Gasteiger partial charge is 0.254 e. The zero-order chi connectivity index (χ0) is 17.9. The number of likely N-dealkylation sites (tertiary alicyclic amines) is 1. The van der Waals surface area contributed by atoms with Gasteiger partial charge in [-0.1, -0.05) is 32.0 Å². The van der Waals surface area contributed by atoms with E-state index in [0.717, 1.165) is 44.0 Å². The lowest BCUT2D eigenvalue weighted by Gasteiger charge is -2.49. The van der Waals surface area contributed by atoms with Crippen molar-refractivity contribution in [3.05, 3.63) is 35.9 Å². The Morgan fingerprint density at radius 2 is 1.92 bits per heavy atom. The van der Waals surface area contributed by atoms with E-state index in [4.69, 9.17) is 4.74 Å². The molecule has 2 fully saturated rings. The second-order valence-electron chi connectivity index (χ2n) is 8.19. The molecule has 4 nitrogen and oxygen atoms in total. The Labute approximate surface area is 152 Å². The monoisotopic (exact) mass is 344 g/mol. The van der Waals surface area contributed by atoms with Crippen LogP contribution in [0, 0.1) is 5.92 Å². The number of benzene rings is 1. The molecule has 1 aromatic carbocycles. The molecule has 1 atom stereocenters. The van der Waals surface area contributed by atoms with Crippen LogP contribution in [-0.2, 0) is 4.74 Å². The minimum absolute atomic E-state index is 0.101. The van der Waals surface area contributed by atoms with E-state index >= 15 is 0 Å². The fraction of sp³-hybridized carbons (Fsp3) is 0.667. The van der Waals surface area contributed by atoms with Crippen LogP contribution < -0.4 is 0 Å². The van der Waals surface area contributed by atoms with Gasteiger partial charge in [0.15, 0.2) is 0 Å². The van der Waals surface area contributed by atoms with Gasteiger partial charge in [0.05, 0.1) is 18.2 Å². The summed E-state index contributed by atoms with van der Waals surface area (Å²) < 4.78 is 6.38. The first-order valence-electron chi connectivity index (χ1n) is 9.72. The van der Waals surface area contributed by atoms with Crippen LogP contribution in [0.1, 0.15) is 50.4 Å². The third-order valence-corrected chi connectivity index (χ3v) is 5.51. The fourth-order valence-corrected chi connectivity index (χ4v) is 4.04. The predicted molar refractivity (Wildman–Crippen MR) is 101 cm³/mol. The van der Waals surface area contributed by atoms with Crippen LogP contribution in [-0.4, -0.2) is 60.1 Å². The van der Waals surface area contributed by atoms with Gasteiger partial charge in [-0.3, -0.25) is 4.79 Å². The summed E-state index contributed by atoms with van der Waals surface area (Å²) in [7, 11) is 0. The third-order valence-electron chi connectivity index (χ3n) is 5.51. The molecule has 0 N–H and O–H groups in total. The van der Waals surface area contributed by atoms with Crippen molar-refractivity contribution in [3.63, 3.8) is 0 Å². The molecule has 3 rings (SSSR count). The number of hydrogen-bond donors (Lipinski definition) is 0. The number of rotatable bonds is 4. The number of carbonyl (C=O) groups excluding carboxylic acids is 1. The molecule has 1 unspecified atom stereocenters. The van der Waals surface area contributed by atoms with Crippen molar-refractivity contribution in [2.45, 2.75) is 51.7 Å². The van der Waals surface area contributed by atoms with Crippen LogP contribution in [0.15, 0.2) is 30.3 Å². The predicted octanol–water partition coefficient (Wildman–Crippen LogP) is 3.43. The van der Waals surface area contributed by atoms with E-state index in [0.29, 0.717) is 6.54 Å². The fourth-order valence-electron chi connectivity index (χ4n) is 4.04. The van der Waals surface area contributed by atoms with Crippen LogP contribution in [0.3, 0.4) is 0 Å². The van der Waals surface area contributed by atoms with Crippen molar-refractivity contribution >= 4 is 5.91 Å². The van der Waals surface area contributed by atoms with E-state index in [1.165, 1.54) is 13.0 Å². The summed E-state index contributed by atoms with van der Waals surface area (Å²) in [5, 5.41) is 0. The maximum absolute atomic E-state index is 12.9. The van der Waals surface area contributed by atoms with Gasteiger partial charge in [0.1, 0.15) is 0 Å². The first-order chi connectivity index (χ1) is 12.0. The van der Waals surface area contributed by atoms with Crippen LogP contribution >= 0.6 is 0 Å². The van der Waals surface area contributed by atoms with E-state index in [1.807, 2.05) is 35.2 Å². The molecule has 1 amide bonds. The normalized spacial score (nSPS) is 24.0. The number of carbonyl (C=O) groups is 1. The maximum Gasteiger partial charge on any atom is 0.254 e. The molecular weight excluding hydrogens is 312 g/mol. The van der Waals surface area contributed by atoms with Gasteiger partial charge in [0.2, 0.25) is 0 Å². The van der Waals surface area contributed by atoms with E-state index in [-0.39, 0.29) is 17.6 Å².